The van der Waals surface area contributed by atoms with Crippen LogP contribution >= 0.6 is 0 Å². The molecule has 0 aliphatic rings. The third-order valence-corrected chi connectivity index (χ3v) is 3.94. The molecule has 2 unspecified atom stereocenters. The molecule has 21 heavy (non-hydrogen) atoms. The maximum atomic E-state index is 9.54. The van der Waals surface area contributed by atoms with Gasteiger partial charge in [-0.15, -0.1) is 0 Å². The molecule has 2 atom stereocenters. The Labute approximate surface area is 127 Å². The smallest absolute Gasteiger partial charge is 0.134 e. The Balaban J connectivity index is 2.24. The maximum Gasteiger partial charge on any atom is 0.134 e. The predicted molar refractivity (Wildman–Crippen MR) is 87.5 cm³/mol. The number of aliphatic hydroxyl groups excluding tert-OH is 1. The number of aliphatic hydroxyl groups is 1. The maximum absolute atomic E-state index is 9.54. The fraction of sp³-hybridized carbons (Fsp3) is 0.556. The molecule has 0 radical (unpaired) electrons. The monoisotopic (exact) mass is 289 g/mol. The van der Waals surface area contributed by atoms with Crippen molar-refractivity contribution in [3.05, 3.63) is 35.6 Å². The van der Waals surface area contributed by atoms with Crippen LogP contribution in [0.25, 0.3) is 11.0 Å². The number of furan rings is 1. The second-order valence-electron chi connectivity index (χ2n) is 6.19. The minimum absolute atomic E-state index is 0.100. The molecule has 1 heterocycles. The van der Waals surface area contributed by atoms with Crippen LogP contribution in [0.5, 0.6) is 0 Å². The summed E-state index contributed by atoms with van der Waals surface area (Å²) in [6.07, 6.45) is 1.91. The summed E-state index contributed by atoms with van der Waals surface area (Å²) in [6, 6.07) is 8.39. The molecule has 3 nitrogen and oxygen atoms in total. The van der Waals surface area contributed by atoms with Gasteiger partial charge in [-0.2, -0.15) is 0 Å². The first kappa shape index (κ1) is 16.1. The van der Waals surface area contributed by atoms with Gasteiger partial charge in [0, 0.05) is 17.0 Å². The van der Waals surface area contributed by atoms with Crippen LogP contribution in [-0.2, 0) is 6.42 Å². The Bertz CT molecular complexity index is 574. The molecule has 3 heteroatoms. The van der Waals surface area contributed by atoms with Gasteiger partial charge < -0.3 is 14.8 Å². The van der Waals surface area contributed by atoms with Crippen molar-refractivity contribution in [2.45, 2.75) is 52.6 Å². The van der Waals surface area contributed by atoms with Crippen molar-refractivity contribution in [3.8, 4) is 0 Å². The van der Waals surface area contributed by atoms with Gasteiger partial charge in [-0.25, -0.2) is 0 Å². The summed E-state index contributed by atoms with van der Waals surface area (Å²) < 4.78 is 6.06. The topological polar surface area (TPSA) is 45.4 Å². The second kappa shape index (κ2) is 7.10. The summed E-state index contributed by atoms with van der Waals surface area (Å²) in [5.41, 5.74) is 2.22. The lowest BCUT2D eigenvalue weighted by molar-refractivity contribution is 0.211. The van der Waals surface area contributed by atoms with Crippen LogP contribution in [0.2, 0.25) is 0 Å². The van der Waals surface area contributed by atoms with E-state index in [0.29, 0.717) is 5.92 Å². The molecular weight excluding hydrogens is 262 g/mol. The third-order valence-electron chi connectivity index (χ3n) is 3.94. The SMILES string of the molecule is CCc1c(C(C)NC(CO)CC(C)C)oc2ccccc12. The van der Waals surface area contributed by atoms with Crippen LogP contribution in [-0.4, -0.2) is 17.8 Å². The number of nitrogens with one attached hydrogen (secondary N) is 1. The Morgan fingerprint density at radius 2 is 1.90 bits per heavy atom. The lowest BCUT2D eigenvalue weighted by Crippen LogP contribution is -2.35. The highest BCUT2D eigenvalue weighted by molar-refractivity contribution is 5.82. The highest BCUT2D eigenvalue weighted by atomic mass is 16.3. The van der Waals surface area contributed by atoms with E-state index in [2.05, 4.69) is 39.1 Å². The van der Waals surface area contributed by atoms with Crippen molar-refractivity contribution >= 4 is 11.0 Å². The normalized spacial score (nSPS) is 14.8. The number of aryl methyl sites for hydroxylation is 1. The minimum Gasteiger partial charge on any atom is -0.459 e. The van der Waals surface area contributed by atoms with Gasteiger partial charge in [0.05, 0.1) is 12.6 Å². The third kappa shape index (κ3) is 3.66. The van der Waals surface area contributed by atoms with Gasteiger partial charge >= 0.3 is 0 Å². The zero-order valence-corrected chi connectivity index (χ0v) is 13.5. The lowest BCUT2D eigenvalue weighted by Gasteiger charge is -2.22. The fourth-order valence-corrected chi connectivity index (χ4v) is 3.03. The molecule has 2 aromatic rings. The molecular formula is C18H27NO2. The summed E-state index contributed by atoms with van der Waals surface area (Å²) in [5, 5.41) is 14.3. The molecule has 0 fully saturated rings. The van der Waals surface area contributed by atoms with Gasteiger partial charge in [0.1, 0.15) is 11.3 Å². The number of rotatable bonds is 7. The average molecular weight is 289 g/mol. The number of fused-ring (bicyclic) bond motifs is 1. The molecule has 0 aliphatic heterocycles. The molecule has 1 aromatic carbocycles. The Kier molecular flexibility index (Phi) is 5.43. The summed E-state index contributed by atoms with van der Waals surface area (Å²) in [5.74, 6) is 1.56. The van der Waals surface area contributed by atoms with Gasteiger partial charge in [-0.05, 0) is 31.7 Å². The summed E-state index contributed by atoms with van der Waals surface area (Å²) in [7, 11) is 0. The summed E-state index contributed by atoms with van der Waals surface area (Å²) >= 11 is 0. The van der Waals surface area contributed by atoms with Gasteiger partial charge in [0.25, 0.3) is 0 Å². The molecule has 0 spiro atoms. The first-order chi connectivity index (χ1) is 10.1. The fourth-order valence-electron chi connectivity index (χ4n) is 3.03. The average Bonchev–Trinajstić information content (AvgIpc) is 2.84. The number of benzene rings is 1. The zero-order chi connectivity index (χ0) is 15.4. The van der Waals surface area contributed by atoms with Crippen LogP contribution in [0.4, 0.5) is 0 Å². The summed E-state index contributed by atoms with van der Waals surface area (Å²) in [4.78, 5) is 0. The van der Waals surface area contributed by atoms with Crippen LogP contribution in [0.1, 0.15) is 51.5 Å². The molecule has 2 rings (SSSR count). The summed E-state index contributed by atoms with van der Waals surface area (Å²) in [6.45, 7) is 8.77. The molecule has 0 bridgehead atoms. The molecule has 1 aromatic heterocycles. The molecule has 2 N–H and O–H groups in total. The van der Waals surface area contributed by atoms with Crippen LogP contribution in [0.3, 0.4) is 0 Å². The van der Waals surface area contributed by atoms with Gasteiger partial charge in [-0.3, -0.25) is 0 Å². The number of hydrogen-bond acceptors (Lipinski definition) is 3. The number of para-hydroxylation sites is 1. The quantitative estimate of drug-likeness (QED) is 0.808. The number of hydrogen-bond donors (Lipinski definition) is 2. The molecule has 116 valence electrons. The van der Waals surface area contributed by atoms with E-state index in [1.807, 2.05) is 18.2 Å². The van der Waals surface area contributed by atoms with E-state index in [0.717, 1.165) is 24.2 Å². The first-order valence-electron chi connectivity index (χ1n) is 7.94. The highest BCUT2D eigenvalue weighted by Gasteiger charge is 2.21. The highest BCUT2D eigenvalue weighted by Crippen LogP contribution is 2.30. The molecule has 0 amide bonds. The van der Waals surface area contributed by atoms with Crippen LogP contribution in [0.15, 0.2) is 28.7 Å². The van der Waals surface area contributed by atoms with E-state index in [9.17, 15) is 5.11 Å². The largest absolute Gasteiger partial charge is 0.459 e. The van der Waals surface area contributed by atoms with Crippen LogP contribution in [0, 0.1) is 5.92 Å². The van der Waals surface area contributed by atoms with Crippen LogP contribution < -0.4 is 5.32 Å². The van der Waals surface area contributed by atoms with E-state index in [1.54, 1.807) is 0 Å². The van der Waals surface area contributed by atoms with Gasteiger partial charge in [-0.1, -0.05) is 39.0 Å². The van der Waals surface area contributed by atoms with Gasteiger partial charge in [0.15, 0.2) is 0 Å². The van der Waals surface area contributed by atoms with Crippen molar-refractivity contribution in [2.24, 2.45) is 5.92 Å². The standard InChI is InChI=1S/C18H27NO2/c1-5-15-16-8-6-7-9-17(16)21-18(15)13(4)19-14(11-20)10-12(2)3/h6-9,12-14,19-20H,5,10-11H2,1-4H3. The zero-order valence-electron chi connectivity index (χ0n) is 13.5. The van der Waals surface area contributed by atoms with Crippen molar-refractivity contribution in [2.75, 3.05) is 6.61 Å². The van der Waals surface area contributed by atoms with Crippen molar-refractivity contribution in [3.63, 3.8) is 0 Å². The molecule has 0 saturated carbocycles. The van der Waals surface area contributed by atoms with E-state index in [4.69, 9.17) is 4.42 Å². The Hall–Kier alpha value is -1.32. The van der Waals surface area contributed by atoms with E-state index in [1.165, 1.54) is 10.9 Å². The minimum atomic E-state index is 0.100. The predicted octanol–water partition coefficient (Wildman–Crippen LogP) is 4.05. The van der Waals surface area contributed by atoms with Crippen molar-refractivity contribution in [1.29, 1.82) is 0 Å². The van der Waals surface area contributed by atoms with Crippen molar-refractivity contribution in [1.82, 2.24) is 5.32 Å². The van der Waals surface area contributed by atoms with Gasteiger partial charge in [0.2, 0.25) is 0 Å². The molecule has 0 saturated heterocycles. The lowest BCUT2D eigenvalue weighted by atomic mass is 10.0. The first-order valence-corrected chi connectivity index (χ1v) is 7.94. The molecule has 0 aliphatic carbocycles. The Morgan fingerprint density at radius 1 is 1.19 bits per heavy atom. The van der Waals surface area contributed by atoms with E-state index >= 15 is 0 Å². The second-order valence-corrected chi connectivity index (χ2v) is 6.19. The van der Waals surface area contributed by atoms with E-state index < -0.39 is 0 Å². The van der Waals surface area contributed by atoms with E-state index in [-0.39, 0.29) is 18.7 Å². The Morgan fingerprint density at radius 3 is 2.52 bits per heavy atom. The van der Waals surface area contributed by atoms with Crippen molar-refractivity contribution < 1.29 is 9.52 Å².